The van der Waals surface area contributed by atoms with Crippen molar-refractivity contribution in [1.82, 2.24) is 0 Å². The fourth-order valence-electron chi connectivity index (χ4n) is 3.31. The van der Waals surface area contributed by atoms with Crippen molar-refractivity contribution in [2.45, 2.75) is 77.3 Å². The van der Waals surface area contributed by atoms with Crippen LogP contribution in [0.1, 0.15) is 60.3 Å². The van der Waals surface area contributed by atoms with Crippen LogP contribution in [-0.2, 0) is 19.1 Å². The van der Waals surface area contributed by atoms with Crippen molar-refractivity contribution in [2.24, 2.45) is 11.3 Å². The number of ether oxygens (including phenoxy) is 2. The van der Waals surface area contributed by atoms with Gasteiger partial charge < -0.3 is 14.6 Å². The molecule has 4 atom stereocenters. The van der Waals surface area contributed by atoms with E-state index >= 15 is 0 Å². The normalized spacial score (nSPS) is 25.9. The Balaban J connectivity index is 2.58. The van der Waals surface area contributed by atoms with Gasteiger partial charge in [0.1, 0.15) is 10.9 Å². The van der Waals surface area contributed by atoms with Gasteiger partial charge in [0.25, 0.3) is 0 Å². The van der Waals surface area contributed by atoms with Crippen LogP contribution in [0.2, 0.25) is 0 Å². The molecule has 0 radical (unpaired) electrons. The molecule has 0 spiro atoms. The summed E-state index contributed by atoms with van der Waals surface area (Å²) in [4.78, 5) is 24.2. The Morgan fingerprint density at radius 1 is 1.23 bits per heavy atom. The van der Waals surface area contributed by atoms with Crippen molar-refractivity contribution in [3.05, 3.63) is 12.2 Å². The summed E-state index contributed by atoms with van der Waals surface area (Å²) in [5.41, 5.74) is 0.364. The van der Waals surface area contributed by atoms with Crippen LogP contribution >= 0.6 is 11.8 Å². The molecule has 1 fully saturated rings. The lowest BCUT2D eigenvalue weighted by Gasteiger charge is -2.37. The van der Waals surface area contributed by atoms with E-state index in [1.165, 1.54) is 11.8 Å². The van der Waals surface area contributed by atoms with Gasteiger partial charge in [-0.1, -0.05) is 27.4 Å². The van der Waals surface area contributed by atoms with E-state index in [0.29, 0.717) is 24.8 Å². The molecule has 0 aliphatic heterocycles. The maximum absolute atomic E-state index is 12.7. The molecule has 0 heterocycles. The topological polar surface area (TPSA) is 72.8 Å². The second kappa shape index (κ2) is 9.27. The van der Waals surface area contributed by atoms with E-state index in [0.717, 1.165) is 6.42 Å². The molecule has 150 valence electrons. The van der Waals surface area contributed by atoms with Gasteiger partial charge in [-0.25, -0.2) is 4.79 Å². The van der Waals surface area contributed by atoms with Crippen molar-refractivity contribution >= 4 is 23.7 Å². The molecule has 1 aliphatic rings. The zero-order valence-electron chi connectivity index (χ0n) is 17.0. The van der Waals surface area contributed by atoms with E-state index in [2.05, 4.69) is 27.4 Å². The first kappa shape index (κ1) is 23.0. The van der Waals surface area contributed by atoms with Gasteiger partial charge in [-0.05, 0) is 57.1 Å². The van der Waals surface area contributed by atoms with Crippen molar-refractivity contribution in [2.75, 3.05) is 12.9 Å². The Morgan fingerprint density at radius 2 is 1.85 bits per heavy atom. The molecule has 4 unspecified atom stereocenters. The van der Waals surface area contributed by atoms with Gasteiger partial charge in [0.15, 0.2) is 0 Å². The summed E-state index contributed by atoms with van der Waals surface area (Å²) in [5, 5.41) is 10.4. The number of hydrogen-bond donors (Lipinski definition) is 1. The molecule has 1 rings (SSSR count). The van der Waals surface area contributed by atoms with Crippen molar-refractivity contribution in [3.63, 3.8) is 0 Å². The van der Waals surface area contributed by atoms with E-state index in [9.17, 15) is 14.7 Å². The lowest BCUT2D eigenvalue weighted by Crippen LogP contribution is -2.44. The van der Waals surface area contributed by atoms with Crippen molar-refractivity contribution < 1.29 is 24.2 Å². The average molecular weight is 387 g/mol. The highest BCUT2D eigenvalue weighted by Crippen LogP contribution is 2.38. The predicted molar refractivity (Wildman–Crippen MR) is 105 cm³/mol. The zero-order chi connectivity index (χ0) is 20.1. The van der Waals surface area contributed by atoms with E-state index in [4.69, 9.17) is 9.47 Å². The Kier molecular flexibility index (Phi) is 8.21. The fraction of sp³-hybridized carbons (Fsp3) is 0.800. The molecule has 1 N–H and O–H groups in total. The Bertz CT molecular complexity index is 525. The number of aliphatic hydroxyl groups excluding tert-OH is 1. The molecule has 1 saturated carbocycles. The first-order valence-corrected chi connectivity index (χ1v) is 10.4. The highest BCUT2D eigenvalue weighted by Gasteiger charge is 2.41. The van der Waals surface area contributed by atoms with Gasteiger partial charge in [0, 0.05) is 5.57 Å². The van der Waals surface area contributed by atoms with E-state index in [1.807, 2.05) is 13.2 Å². The maximum Gasteiger partial charge on any atom is 0.333 e. The summed E-state index contributed by atoms with van der Waals surface area (Å²) in [6, 6.07) is 0. The second-order valence-corrected chi connectivity index (χ2v) is 10.1. The van der Waals surface area contributed by atoms with Crippen LogP contribution in [0.3, 0.4) is 0 Å². The van der Waals surface area contributed by atoms with Gasteiger partial charge in [0.2, 0.25) is 0 Å². The fourth-order valence-corrected chi connectivity index (χ4v) is 4.10. The quantitative estimate of drug-likeness (QED) is 0.531. The Labute approximate surface area is 161 Å². The summed E-state index contributed by atoms with van der Waals surface area (Å²) < 4.78 is 10.2. The van der Waals surface area contributed by atoms with Crippen LogP contribution < -0.4 is 0 Å². The van der Waals surface area contributed by atoms with Crippen LogP contribution in [0, 0.1) is 11.3 Å². The van der Waals surface area contributed by atoms with E-state index < -0.39 is 22.9 Å². The molecule has 26 heavy (non-hydrogen) atoms. The summed E-state index contributed by atoms with van der Waals surface area (Å²) in [7, 11) is 0. The van der Waals surface area contributed by atoms with Gasteiger partial charge in [-0.15, -0.1) is 11.8 Å². The first-order chi connectivity index (χ1) is 11.9. The number of carbonyl (C=O) groups is 2. The summed E-state index contributed by atoms with van der Waals surface area (Å²) in [5.74, 6) is -0.605. The van der Waals surface area contributed by atoms with Crippen LogP contribution in [0.25, 0.3) is 0 Å². The van der Waals surface area contributed by atoms with Crippen molar-refractivity contribution in [1.29, 1.82) is 0 Å². The van der Waals surface area contributed by atoms with Crippen LogP contribution in [0.15, 0.2) is 12.2 Å². The lowest BCUT2D eigenvalue weighted by molar-refractivity contribution is -0.163. The molecule has 0 aromatic carbocycles. The Morgan fingerprint density at radius 3 is 2.31 bits per heavy atom. The van der Waals surface area contributed by atoms with Crippen LogP contribution in [0.4, 0.5) is 0 Å². The lowest BCUT2D eigenvalue weighted by atomic mass is 9.84. The third kappa shape index (κ3) is 6.95. The molecule has 6 heteroatoms. The predicted octanol–water partition coefficient (Wildman–Crippen LogP) is 3.74. The van der Waals surface area contributed by atoms with Gasteiger partial charge >= 0.3 is 11.9 Å². The molecule has 0 saturated heterocycles. The number of thioether (sulfide) groups is 1. The van der Waals surface area contributed by atoms with Crippen LogP contribution in [-0.4, -0.2) is 46.9 Å². The van der Waals surface area contributed by atoms with E-state index in [-0.39, 0.29) is 23.9 Å². The zero-order valence-corrected chi connectivity index (χ0v) is 17.8. The highest BCUT2D eigenvalue weighted by atomic mass is 32.2. The largest absolute Gasteiger partial charge is 0.462 e. The van der Waals surface area contributed by atoms with Gasteiger partial charge in [0.05, 0.1) is 12.7 Å². The summed E-state index contributed by atoms with van der Waals surface area (Å²) in [6.45, 7) is 13.6. The highest BCUT2D eigenvalue weighted by molar-refractivity contribution is 8.00. The minimum atomic E-state index is -0.734. The Hall–Kier alpha value is -1.01. The molecule has 1 aliphatic carbocycles. The molecule has 5 nitrogen and oxygen atoms in total. The van der Waals surface area contributed by atoms with Crippen LogP contribution in [0.5, 0.6) is 0 Å². The number of aliphatic hydroxyl groups is 1. The monoisotopic (exact) mass is 386 g/mol. The van der Waals surface area contributed by atoms with Crippen molar-refractivity contribution in [3.8, 4) is 0 Å². The second-order valence-electron chi connectivity index (χ2n) is 8.74. The average Bonchev–Trinajstić information content (AvgIpc) is 2.52. The number of rotatable bonds is 7. The molecule has 0 aromatic rings. The summed E-state index contributed by atoms with van der Waals surface area (Å²) in [6.07, 6.45) is 3.15. The third-order valence-corrected chi connectivity index (χ3v) is 5.88. The van der Waals surface area contributed by atoms with Gasteiger partial charge in [-0.3, -0.25) is 4.79 Å². The maximum atomic E-state index is 12.7. The molecule has 0 bridgehead atoms. The number of hydrogen-bond acceptors (Lipinski definition) is 6. The molecular weight excluding hydrogens is 352 g/mol. The number of carbonyl (C=O) groups excluding carboxylic acids is 2. The minimum Gasteiger partial charge on any atom is -0.462 e. The molecule has 0 aromatic heterocycles. The third-order valence-electron chi connectivity index (χ3n) is 4.67. The number of esters is 2. The first-order valence-electron chi connectivity index (χ1n) is 9.15. The SMILES string of the molecule is C=C(C)C(=O)OCC1CCC(OC(=O)C(C)(CC(C)(C)C)SC)C(O)C1. The molecule has 0 amide bonds. The summed E-state index contributed by atoms with van der Waals surface area (Å²) >= 11 is 1.49. The minimum absolute atomic E-state index is 0.000215. The van der Waals surface area contributed by atoms with E-state index in [1.54, 1.807) is 6.92 Å². The van der Waals surface area contributed by atoms with Gasteiger partial charge in [-0.2, -0.15) is 0 Å². The smallest absolute Gasteiger partial charge is 0.333 e. The standard InChI is InChI=1S/C20H34O5S/c1-13(2)17(22)24-11-14-8-9-16(15(21)10-14)25-18(23)20(6,26-7)12-19(3,4)5/h14-16,21H,1,8-12H2,2-7H3. The molecular formula is C20H34O5S.